The lowest BCUT2D eigenvalue weighted by Crippen LogP contribution is -2.37. The van der Waals surface area contributed by atoms with Gasteiger partial charge in [0.05, 0.1) is 12.3 Å². The molecule has 1 amide bonds. The minimum absolute atomic E-state index is 0.0260. The molecule has 158 valence electrons. The van der Waals surface area contributed by atoms with Gasteiger partial charge in [0.2, 0.25) is 0 Å². The smallest absolute Gasteiger partial charge is 0.254 e. The molecular weight excluding hydrogens is 422 g/mol. The molecule has 1 aliphatic heterocycles. The third-order valence-corrected chi connectivity index (χ3v) is 5.26. The second-order valence-corrected chi connectivity index (χ2v) is 7.70. The maximum absolute atomic E-state index is 14.2. The highest BCUT2D eigenvalue weighted by atomic mass is 35.5. The maximum Gasteiger partial charge on any atom is 0.254 e. The number of amides is 1. The van der Waals surface area contributed by atoms with Gasteiger partial charge in [-0.05, 0) is 42.0 Å². The molecule has 0 radical (unpaired) electrons. The van der Waals surface area contributed by atoms with Crippen LogP contribution in [0.3, 0.4) is 0 Å². The third-order valence-electron chi connectivity index (χ3n) is 5.01. The van der Waals surface area contributed by atoms with Crippen LogP contribution >= 0.6 is 11.6 Å². The van der Waals surface area contributed by atoms with Gasteiger partial charge < -0.3 is 9.74 Å². The monoisotopic (exact) mass is 440 g/mol. The van der Waals surface area contributed by atoms with Crippen molar-refractivity contribution in [1.29, 1.82) is 0 Å². The van der Waals surface area contributed by atoms with Crippen molar-refractivity contribution >= 4 is 23.2 Å². The van der Waals surface area contributed by atoms with Gasteiger partial charge in [0.25, 0.3) is 5.91 Å². The van der Waals surface area contributed by atoms with Crippen LogP contribution in [0.25, 0.3) is 0 Å². The van der Waals surface area contributed by atoms with Crippen molar-refractivity contribution in [2.45, 2.75) is 19.1 Å². The molecule has 3 aromatic rings. The number of oxime groups is 1. The van der Waals surface area contributed by atoms with Gasteiger partial charge in [0.1, 0.15) is 11.6 Å². The van der Waals surface area contributed by atoms with Crippen LogP contribution in [0.2, 0.25) is 5.02 Å². The molecule has 7 heteroatoms. The molecule has 0 unspecified atom stereocenters. The Morgan fingerprint density at radius 3 is 2.58 bits per heavy atom. The molecule has 0 bridgehead atoms. The summed E-state index contributed by atoms with van der Waals surface area (Å²) in [5.74, 6) is -1.33. The Kier molecular flexibility index (Phi) is 6.28. The van der Waals surface area contributed by atoms with Crippen LogP contribution in [0.1, 0.15) is 27.9 Å². The Bertz CT molecular complexity index is 1120. The van der Waals surface area contributed by atoms with Crippen molar-refractivity contribution in [1.82, 2.24) is 4.90 Å². The Morgan fingerprint density at radius 1 is 1.06 bits per heavy atom. The molecule has 1 aliphatic rings. The predicted molar refractivity (Wildman–Crippen MR) is 115 cm³/mol. The van der Waals surface area contributed by atoms with E-state index in [1.54, 1.807) is 30.3 Å². The molecule has 0 saturated carbocycles. The van der Waals surface area contributed by atoms with Gasteiger partial charge in [0.15, 0.2) is 6.10 Å². The number of halogens is 3. The first kappa shape index (κ1) is 21.0. The topological polar surface area (TPSA) is 41.9 Å². The van der Waals surface area contributed by atoms with E-state index in [1.807, 2.05) is 12.1 Å². The number of benzene rings is 3. The summed E-state index contributed by atoms with van der Waals surface area (Å²) < 4.78 is 27.9. The molecule has 31 heavy (non-hydrogen) atoms. The zero-order valence-electron chi connectivity index (χ0n) is 16.5. The fourth-order valence-corrected chi connectivity index (χ4v) is 3.57. The van der Waals surface area contributed by atoms with Gasteiger partial charge in [-0.1, -0.05) is 53.2 Å². The van der Waals surface area contributed by atoms with Crippen LogP contribution in [0.4, 0.5) is 8.78 Å². The lowest BCUT2D eigenvalue weighted by atomic mass is 10.0. The first-order valence-electron chi connectivity index (χ1n) is 9.76. The van der Waals surface area contributed by atoms with Crippen molar-refractivity contribution in [3.63, 3.8) is 0 Å². The standard InChI is InChI=1S/C24H19ClF2N2O2/c25-19-10-8-16(9-11-19)23-13-21(31-28-23)15-29(14-18-4-1-2-7-22(18)27)24(30)17-5-3-6-20(26)12-17/h1-12,21H,13-15H2/t21-/m0/s1. The van der Waals surface area contributed by atoms with Crippen LogP contribution in [-0.2, 0) is 11.4 Å². The summed E-state index contributed by atoms with van der Waals surface area (Å²) in [4.78, 5) is 20.1. The SMILES string of the molecule is O=C(c1cccc(F)c1)N(Cc1ccccc1F)C[C@@H]1CC(c2ccc(Cl)cc2)=NO1. The van der Waals surface area contributed by atoms with Crippen LogP contribution in [-0.4, -0.2) is 29.2 Å². The van der Waals surface area contributed by atoms with Crippen LogP contribution in [0.5, 0.6) is 0 Å². The molecule has 0 aliphatic carbocycles. The van der Waals surface area contributed by atoms with Crippen molar-refractivity contribution in [2.75, 3.05) is 6.54 Å². The lowest BCUT2D eigenvalue weighted by molar-refractivity contribution is 0.0402. The van der Waals surface area contributed by atoms with E-state index in [4.69, 9.17) is 16.4 Å². The maximum atomic E-state index is 14.2. The summed E-state index contributed by atoms with van der Waals surface area (Å²) in [5.41, 5.74) is 2.17. The largest absolute Gasteiger partial charge is 0.390 e. The van der Waals surface area contributed by atoms with Crippen molar-refractivity contribution in [2.24, 2.45) is 5.16 Å². The molecule has 3 aromatic carbocycles. The number of nitrogens with zero attached hydrogens (tertiary/aromatic N) is 2. The van der Waals surface area contributed by atoms with Crippen LogP contribution < -0.4 is 0 Å². The van der Waals surface area contributed by atoms with Gasteiger partial charge in [-0.2, -0.15) is 0 Å². The van der Waals surface area contributed by atoms with Crippen molar-refractivity contribution < 1.29 is 18.4 Å². The molecule has 1 atom stereocenters. The molecule has 0 aromatic heterocycles. The Hall–Kier alpha value is -3.25. The molecule has 0 saturated heterocycles. The molecule has 0 fully saturated rings. The number of carbonyl (C=O) groups excluding carboxylic acids is 1. The van der Waals surface area contributed by atoms with Crippen LogP contribution in [0.15, 0.2) is 78.0 Å². The minimum Gasteiger partial charge on any atom is -0.390 e. The second kappa shape index (κ2) is 9.27. The molecule has 4 nitrogen and oxygen atoms in total. The molecule has 0 spiro atoms. The Morgan fingerprint density at radius 2 is 1.84 bits per heavy atom. The average Bonchev–Trinajstić information content (AvgIpc) is 3.23. The lowest BCUT2D eigenvalue weighted by Gasteiger charge is -2.25. The zero-order valence-corrected chi connectivity index (χ0v) is 17.2. The van der Waals surface area contributed by atoms with Gasteiger partial charge >= 0.3 is 0 Å². The first-order chi connectivity index (χ1) is 15.0. The van der Waals surface area contributed by atoms with E-state index in [1.165, 1.54) is 35.2 Å². The predicted octanol–water partition coefficient (Wildman–Crippen LogP) is 5.45. The quantitative estimate of drug-likeness (QED) is 0.511. The molecule has 4 rings (SSSR count). The average molecular weight is 441 g/mol. The fourth-order valence-electron chi connectivity index (χ4n) is 3.44. The summed E-state index contributed by atoms with van der Waals surface area (Å²) in [6.07, 6.45) is 0.0706. The third kappa shape index (κ3) is 5.09. The normalized spacial score (nSPS) is 15.3. The molecular formula is C24H19ClF2N2O2. The Balaban J connectivity index is 1.53. The summed E-state index contributed by atoms with van der Waals surface area (Å²) >= 11 is 5.94. The number of hydrogen-bond acceptors (Lipinski definition) is 3. The number of rotatable bonds is 6. The highest BCUT2D eigenvalue weighted by molar-refractivity contribution is 6.30. The number of hydrogen-bond donors (Lipinski definition) is 0. The van der Waals surface area contributed by atoms with Gasteiger partial charge in [0, 0.05) is 29.1 Å². The fraction of sp³-hybridized carbons (Fsp3) is 0.167. The van der Waals surface area contributed by atoms with Crippen molar-refractivity contribution in [3.05, 3.63) is 106 Å². The van der Waals surface area contributed by atoms with Crippen molar-refractivity contribution in [3.8, 4) is 0 Å². The van der Waals surface area contributed by atoms with E-state index in [2.05, 4.69) is 5.16 Å². The molecule has 0 N–H and O–H groups in total. The highest BCUT2D eigenvalue weighted by Gasteiger charge is 2.28. The van der Waals surface area contributed by atoms with Gasteiger partial charge in [-0.25, -0.2) is 8.78 Å². The summed E-state index contributed by atoms with van der Waals surface area (Å²) in [6, 6.07) is 18.9. The van der Waals surface area contributed by atoms with Gasteiger partial charge in [-0.15, -0.1) is 0 Å². The van der Waals surface area contributed by atoms with E-state index >= 15 is 0 Å². The van der Waals surface area contributed by atoms with E-state index in [9.17, 15) is 13.6 Å². The van der Waals surface area contributed by atoms with E-state index in [-0.39, 0.29) is 18.7 Å². The minimum atomic E-state index is -0.512. The van der Waals surface area contributed by atoms with Gasteiger partial charge in [-0.3, -0.25) is 4.79 Å². The van der Waals surface area contributed by atoms with E-state index in [0.29, 0.717) is 17.0 Å². The first-order valence-corrected chi connectivity index (χ1v) is 10.1. The summed E-state index contributed by atoms with van der Waals surface area (Å²) in [7, 11) is 0. The Labute approximate surface area is 183 Å². The highest BCUT2D eigenvalue weighted by Crippen LogP contribution is 2.22. The zero-order chi connectivity index (χ0) is 21.8. The second-order valence-electron chi connectivity index (χ2n) is 7.26. The van der Waals surface area contributed by atoms with Crippen LogP contribution in [0, 0.1) is 11.6 Å². The number of carbonyl (C=O) groups is 1. The van der Waals surface area contributed by atoms with E-state index in [0.717, 1.165) is 11.3 Å². The summed E-state index contributed by atoms with van der Waals surface area (Å²) in [5, 5.41) is 4.76. The molecule has 1 heterocycles. The summed E-state index contributed by atoms with van der Waals surface area (Å²) in [6.45, 7) is 0.197. The van der Waals surface area contributed by atoms with E-state index < -0.39 is 23.6 Å².